The van der Waals surface area contributed by atoms with E-state index in [1.165, 1.54) is 6.42 Å². The van der Waals surface area contributed by atoms with Crippen molar-refractivity contribution in [2.75, 3.05) is 13.1 Å². The fourth-order valence-electron chi connectivity index (χ4n) is 2.52. The first kappa shape index (κ1) is 13.5. The van der Waals surface area contributed by atoms with Crippen molar-refractivity contribution < 1.29 is 4.79 Å². The molecule has 0 heterocycles. The molecule has 1 aliphatic carbocycles. The summed E-state index contributed by atoms with van der Waals surface area (Å²) in [5.41, 5.74) is 5.68. The van der Waals surface area contributed by atoms with Gasteiger partial charge < -0.3 is 11.1 Å². The second-order valence-corrected chi connectivity index (χ2v) is 5.36. The normalized spacial score (nSPS) is 25.0. The van der Waals surface area contributed by atoms with Gasteiger partial charge in [-0.05, 0) is 44.1 Å². The van der Waals surface area contributed by atoms with Crippen molar-refractivity contribution in [3.8, 4) is 0 Å². The van der Waals surface area contributed by atoms with Crippen molar-refractivity contribution >= 4 is 5.91 Å². The van der Waals surface area contributed by atoms with E-state index in [1.54, 1.807) is 0 Å². The highest BCUT2D eigenvalue weighted by atomic mass is 16.1. The third-order valence-electron chi connectivity index (χ3n) is 3.56. The molecule has 1 rings (SSSR count). The summed E-state index contributed by atoms with van der Waals surface area (Å²) in [7, 11) is 0. The molecule has 1 fully saturated rings. The summed E-state index contributed by atoms with van der Waals surface area (Å²) in [6, 6.07) is 0. The molecule has 1 saturated carbocycles. The number of hydrogen-bond acceptors (Lipinski definition) is 2. The molecule has 0 spiro atoms. The molecular weight excluding hydrogens is 200 g/mol. The zero-order chi connectivity index (χ0) is 12.0. The lowest BCUT2D eigenvalue weighted by Gasteiger charge is -2.17. The molecule has 1 aliphatic rings. The topological polar surface area (TPSA) is 55.1 Å². The molecule has 3 heteroatoms. The van der Waals surface area contributed by atoms with E-state index in [-0.39, 0.29) is 11.8 Å². The van der Waals surface area contributed by atoms with Crippen LogP contribution in [-0.2, 0) is 4.79 Å². The monoisotopic (exact) mass is 226 g/mol. The van der Waals surface area contributed by atoms with E-state index in [0.29, 0.717) is 12.5 Å². The molecule has 1 amide bonds. The van der Waals surface area contributed by atoms with Crippen LogP contribution in [0.4, 0.5) is 0 Å². The second-order valence-electron chi connectivity index (χ2n) is 5.36. The van der Waals surface area contributed by atoms with Gasteiger partial charge in [0.25, 0.3) is 0 Å². The lowest BCUT2D eigenvalue weighted by atomic mass is 9.95. The van der Waals surface area contributed by atoms with Gasteiger partial charge in [0.2, 0.25) is 5.91 Å². The predicted molar refractivity (Wildman–Crippen MR) is 67.0 cm³/mol. The average molecular weight is 226 g/mol. The van der Waals surface area contributed by atoms with Crippen molar-refractivity contribution in [3.63, 3.8) is 0 Å². The standard InChI is InChI=1S/C13H26N2O/c1-10(2)5-4-8-15-13(16)12-7-3-6-11(12)9-14/h10-12H,3-9,14H2,1-2H3,(H,15,16). The molecule has 0 aromatic rings. The van der Waals surface area contributed by atoms with Crippen LogP contribution >= 0.6 is 0 Å². The van der Waals surface area contributed by atoms with Gasteiger partial charge in [-0.1, -0.05) is 20.3 Å². The summed E-state index contributed by atoms with van der Waals surface area (Å²) in [6.45, 7) is 5.90. The fraction of sp³-hybridized carbons (Fsp3) is 0.923. The third kappa shape index (κ3) is 4.12. The molecule has 2 unspecified atom stereocenters. The summed E-state index contributed by atoms with van der Waals surface area (Å²) in [4.78, 5) is 11.9. The summed E-state index contributed by atoms with van der Waals surface area (Å²) in [5.74, 6) is 1.56. The van der Waals surface area contributed by atoms with Crippen LogP contribution in [0.5, 0.6) is 0 Å². The lowest BCUT2D eigenvalue weighted by Crippen LogP contribution is -2.35. The predicted octanol–water partition coefficient (Wildman–Crippen LogP) is 1.91. The number of carbonyl (C=O) groups excluding carboxylic acids is 1. The average Bonchev–Trinajstić information content (AvgIpc) is 2.71. The number of hydrogen-bond donors (Lipinski definition) is 2. The molecule has 0 aromatic heterocycles. The Morgan fingerprint density at radius 1 is 1.44 bits per heavy atom. The highest BCUT2D eigenvalue weighted by Crippen LogP contribution is 2.30. The van der Waals surface area contributed by atoms with Gasteiger partial charge in [0.15, 0.2) is 0 Å². The highest BCUT2D eigenvalue weighted by Gasteiger charge is 2.31. The molecule has 3 N–H and O–H groups in total. The van der Waals surface area contributed by atoms with Gasteiger partial charge in [-0.2, -0.15) is 0 Å². The Balaban J connectivity index is 2.19. The minimum absolute atomic E-state index is 0.184. The Morgan fingerprint density at radius 2 is 2.19 bits per heavy atom. The van der Waals surface area contributed by atoms with Gasteiger partial charge in [0.1, 0.15) is 0 Å². The largest absolute Gasteiger partial charge is 0.356 e. The number of rotatable bonds is 6. The molecule has 94 valence electrons. The Hall–Kier alpha value is -0.570. The summed E-state index contributed by atoms with van der Waals surface area (Å²) >= 11 is 0. The van der Waals surface area contributed by atoms with Gasteiger partial charge in [0.05, 0.1) is 0 Å². The Morgan fingerprint density at radius 3 is 2.81 bits per heavy atom. The SMILES string of the molecule is CC(C)CCCNC(=O)C1CCCC1CN. The first-order valence-electron chi connectivity index (χ1n) is 6.63. The van der Waals surface area contributed by atoms with Gasteiger partial charge in [-0.15, -0.1) is 0 Å². The van der Waals surface area contributed by atoms with E-state index in [1.807, 2.05) is 0 Å². The quantitative estimate of drug-likeness (QED) is 0.680. The fourth-order valence-corrected chi connectivity index (χ4v) is 2.52. The zero-order valence-corrected chi connectivity index (χ0v) is 10.7. The maximum Gasteiger partial charge on any atom is 0.223 e. The number of amides is 1. The van der Waals surface area contributed by atoms with Gasteiger partial charge in [0, 0.05) is 12.5 Å². The van der Waals surface area contributed by atoms with Crippen LogP contribution in [0, 0.1) is 17.8 Å². The van der Waals surface area contributed by atoms with Crippen molar-refractivity contribution in [1.29, 1.82) is 0 Å². The second kappa shape index (κ2) is 6.89. The van der Waals surface area contributed by atoms with Crippen molar-refractivity contribution in [2.24, 2.45) is 23.5 Å². The summed E-state index contributed by atoms with van der Waals surface area (Å²) in [6.07, 6.45) is 5.58. The minimum Gasteiger partial charge on any atom is -0.356 e. The number of carbonyl (C=O) groups is 1. The summed E-state index contributed by atoms with van der Waals surface area (Å²) in [5, 5.41) is 3.05. The summed E-state index contributed by atoms with van der Waals surface area (Å²) < 4.78 is 0. The third-order valence-corrected chi connectivity index (χ3v) is 3.56. The van der Waals surface area contributed by atoms with E-state index in [9.17, 15) is 4.79 Å². The van der Waals surface area contributed by atoms with Gasteiger partial charge in [-0.3, -0.25) is 4.79 Å². The Kier molecular flexibility index (Phi) is 5.81. The van der Waals surface area contributed by atoms with E-state index >= 15 is 0 Å². The van der Waals surface area contributed by atoms with Crippen LogP contribution < -0.4 is 11.1 Å². The molecule has 16 heavy (non-hydrogen) atoms. The van der Waals surface area contributed by atoms with E-state index in [2.05, 4.69) is 19.2 Å². The number of nitrogens with two attached hydrogens (primary N) is 1. The zero-order valence-electron chi connectivity index (χ0n) is 10.7. The molecule has 0 aliphatic heterocycles. The smallest absolute Gasteiger partial charge is 0.223 e. The van der Waals surface area contributed by atoms with E-state index in [4.69, 9.17) is 5.73 Å². The van der Waals surface area contributed by atoms with E-state index < -0.39 is 0 Å². The molecule has 3 nitrogen and oxygen atoms in total. The van der Waals surface area contributed by atoms with Crippen LogP contribution in [0.25, 0.3) is 0 Å². The Bertz CT molecular complexity index is 216. The molecule has 0 saturated heterocycles. The first-order valence-corrected chi connectivity index (χ1v) is 6.63. The van der Waals surface area contributed by atoms with Crippen molar-refractivity contribution in [2.45, 2.75) is 46.0 Å². The number of nitrogens with one attached hydrogen (secondary N) is 1. The van der Waals surface area contributed by atoms with Crippen LogP contribution in [0.15, 0.2) is 0 Å². The highest BCUT2D eigenvalue weighted by molar-refractivity contribution is 5.79. The van der Waals surface area contributed by atoms with E-state index in [0.717, 1.165) is 38.1 Å². The maximum absolute atomic E-state index is 11.9. The first-order chi connectivity index (χ1) is 7.65. The maximum atomic E-state index is 11.9. The van der Waals surface area contributed by atoms with Crippen LogP contribution in [0.1, 0.15) is 46.0 Å². The molecule has 0 bridgehead atoms. The molecule has 0 radical (unpaired) electrons. The van der Waals surface area contributed by atoms with Crippen LogP contribution in [0.2, 0.25) is 0 Å². The van der Waals surface area contributed by atoms with Crippen molar-refractivity contribution in [3.05, 3.63) is 0 Å². The van der Waals surface area contributed by atoms with Crippen LogP contribution in [-0.4, -0.2) is 19.0 Å². The van der Waals surface area contributed by atoms with Gasteiger partial charge in [-0.25, -0.2) is 0 Å². The molecular formula is C13H26N2O. The van der Waals surface area contributed by atoms with Crippen LogP contribution in [0.3, 0.4) is 0 Å². The minimum atomic E-state index is 0.184. The molecule has 0 aromatic carbocycles. The Labute approximate surface area is 99.2 Å². The molecule has 2 atom stereocenters. The van der Waals surface area contributed by atoms with Crippen molar-refractivity contribution in [1.82, 2.24) is 5.32 Å². The van der Waals surface area contributed by atoms with Gasteiger partial charge >= 0.3 is 0 Å². The lowest BCUT2D eigenvalue weighted by molar-refractivity contribution is -0.125.